The monoisotopic (exact) mass is 534 g/mol. The van der Waals surface area contributed by atoms with Crippen molar-refractivity contribution in [1.82, 2.24) is 9.55 Å². The Bertz CT molecular complexity index is 1240. The van der Waals surface area contributed by atoms with Crippen molar-refractivity contribution >= 4 is 17.7 Å². The maximum Gasteiger partial charge on any atom is 0.408 e. The lowest BCUT2D eigenvalue weighted by Crippen LogP contribution is -2.53. The maximum atomic E-state index is 14.1. The van der Waals surface area contributed by atoms with Gasteiger partial charge in [-0.2, -0.15) is 18.2 Å². The van der Waals surface area contributed by atoms with Gasteiger partial charge in [-0.05, 0) is 51.2 Å². The second-order valence-corrected chi connectivity index (χ2v) is 11.3. The quantitative estimate of drug-likeness (QED) is 0.525. The van der Waals surface area contributed by atoms with Crippen molar-refractivity contribution in [2.45, 2.75) is 83.0 Å². The molecule has 2 aromatic rings. The zero-order valence-electron chi connectivity index (χ0n) is 21.8. The molecule has 3 atom stereocenters. The number of ether oxygens (including phenoxy) is 2. The Kier molecular flexibility index (Phi) is 6.91. The zero-order chi connectivity index (χ0) is 27.2. The molecule has 0 aliphatic carbocycles. The van der Waals surface area contributed by atoms with Gasteiger partial charge in [-0.15, -0.1) is 0 Å². The summed E-state index contributed by atoms with van der Waals surface area (Å²) in [5, 5.41) is 0. The van der Waals surface area contributed by atoms with Crippen molar-refractivity contribution in [2.75, 3.05) is 29.5 Å². The summed E-state index contributed by atoms with van der Waals surface area (Å²) in [6, 6.07) is 6.99. The molecule has 2 bridgehead atoms. The zero-order valence-corrected chi connectivity index (χ0v) is 21.8. The first-order chi connectivity index (χ1) is 17.9. The molecule has 0 saturated carbocycles. The SMILES string of the molecule is CC(C)(C)OC(=O)Cc1ccc(CCN2c3nc(N4C[C@@H]5C[C@H]4CO5)cc(=O)n3CC[C@H]2C(F)(F)F)cc1. The highest BCUT2D eigenvalue weighted by atomic mass is 19.4. The fourth-order valence-electron chi connectivity index (χ4n) is 5.50. The van der Waals surface area contributed by atoms with Crippen molar-refractivity contribution in [3.63, 3.8) is 0 Å². The first-order valence-corrected chi connectivity index (χ1v) is 13.0. The smallest absolute Gasteiger partial charge is 0.408 e. The number of fused-ring (bicyclic) bond motifs is 3. The molecule has 1 aromatic heterocycles. The van der Waals surface area contributed by atoms with Crippen LogP contribution < -0.4 is 15.4 Å². The molecule has 1 aromatic carbocycles. The van der Waals surface area contributed by atoms with Crippen molar-refractivity contribution in [1.29, 1.82) is 0 Å². The highest BCUT2D eigenvalue weighted by Crippen LogP contribution is 2.36. The minimum Gasteiger partial charge on any atom is -0.460 e. The van der Waals surface area contributed by atoms with E-state index in [0.717, 1.165) is 17.5 Å². The molecule has 2 saturated heterocycles. The summed E-state index contributed by atoms with van der Waals surface area (Å²) in [5.41, 5.74) is 0.671. The largest absolute Gasteiger partial charge is 0.460 e. The van der Waals surface area contributed by atoms with Crippen molar-refractivity contribution < 1.29 is 27.4 Å². The number of benzene rings is 1. The summed E-state index contributed by atoms with van der Waals surface area (Å²) >= 11 is 0. The first-order valence-electron chi connectivity index (χ1n) is 13.0. The number of nitrogens with zero attached hydrogens (tertiary/aromatic N) is 4. The van der Waals surface area contributed by atoms with Crippen LogP contribution in [0.5, 0.6) is 0 Å². The second-order valence-electron chi connectivity index (χ2n) is 11.3. The average Bonchev–Trinajstić information content (AvgIpc) is 3.45. The van der Waals surface area contributed by atoms with Gasteiger partial charge in [-0.3, -0.25) is 14.2 Å². The van der Waals surface area contributed by atoms with Crippen LogP contribution in [0, 0.1) is 0 Å². The number of rotatable bonds is 6. The van der Waals surface area contributed by atoms with E-state index in [1.54, 1.807) is 32.9 Å². The minimum absolute atomic E-state index is 0.0311. The minimum atomic E-state index is -4.46. The lowest BCUT2D eigenvalue weighted by Gasteiger charge is -2.39. The number of esters is 1. The number of anilines is 2. The molecule has 2 fully saturated rings. The van der Waals surface area contributed by atoms with E-state index in [1.165, 1.54) is 15.5 Å². The molecule has 206 valence electrons. The molecule has 0 unspecified atom stereocenters. The summed E-state index contributed by atoms with van der Waals surface area (Å²) in [4.78, 5) is 32.9. The molecule has 0 radical (unpaired) electrons. The van der Waals surface area contributed by atoms with Crippen molar-refractivity contribution in [3.8, 4) is 0 Å². The van der Waals surface area contributed by atoms with E-state index in [-0.39, 0.29) is 55.6 Å². The summed E-state index contributed by atoms with van der Waals surface area (Å²) in [6.45, 7) is 6.53. The standard InChI is InChI=1S/C27H33F3N4O4/c1-26(2,3)38-24(36)12-18-6-4-17(5-7-18)8-10-32-21(27(28,29)30)9-11-33-23(35)14-22(31-25(32)33)34-15-20-13-19(34)16-37-20/h4-7,14,19-21H,8-13,15-16H2,1-3H3/t19-,20-,21-/m0/s1. The van der Waals surface area contributed by atoms with Gasteiger partial charge in [0.1, 0.15) is 17.5 Å². The van der Waals surface area contributed by atoms with Gasteiger partial charge < -0.3 is 19.3 Å². The highest BCUT2D eigenvalue weighted by Gasteiger charge is 2.47. The van der Waals surface area contributed by atoms with E-state index in [2.05, 4.69) is 4.98 Å². The van der Waals surface area contributed by atoms with Crippen LogP contribution in [-0.2, 0) is 33.7 Å². The number of aromatic nitrogens is 2. The topological polar surface area (TPSA) is 76.9 Å². The van der Waals surface area contributed by atoms with Gasteiger partial charge >= 0.3 is 12.1 Å². The van der Waals surface area contributed by atoms with Gasteiger partial charge in [0.25, 0.3) is 5.56 Å². The van der Waals surface area contributed by atoms with Gasteiger partial charge in [-0.25, -0.2) is 0 Å². The third-order valence-corrected chi connectivity index (χ3v) is 7.24. The van der Waals surface area contributed by atoms with Crippen LogP contribution in [0.3, 0.4) is 0 Å². The Morgan fingerprint density at radius 3 is 2.47 bits per heavy atom. The highest BCUT2D eigenvalue weighted by molar-refractivity contribution is 5.73. The van der Waals surface area contributed by atoms with E-state index in [4.69, 9.17) is 9.47 Å². The predicted octanol–water partition coefficient (Wildman–Crippen LogP) is 3.49. The fourth-order valence-corrected chi connectivity index (χ4v) is 5.50. The van der Waals surface area contributed by atoms with Crippen LogP contribution >= 0.6 is 0 Å². The lowest BCUT2D eigenvalue weighted by molar-refractivity contribution is -0.154. The summed E-state index contributed by atoms with van der Waals surface area (Å²) in [7, 11) is 0. The Morgan fingerprint density at radius 1 is 1.16 bits per heavy atom. The molecule has 0 amide bonds. The van der Waals surface area contributed by atoms with E-state index in [0.29, 0.717) is 25.4 Å². The van der Waals surface area contributed by atoms with E-state index in [9.17, 15) is 22.8 Å². The van der Waals surface area contributed by atoms with Crippen LogP contribution in [0.4, 0.5) is 24.9 Å². The number of hydrogen-bond donors (Lipinski definition) is 0. The Morgan fingerprint density at radius 2 is 1.87 bits per heavy atom. The Labute approximate surface area is 219 Å². The molecule has 8 nitrogen and oxygen atoms in total. The maximum absolute atomic E-state index is 14.1. The number of carbonyl (C=O) groups is 1. The van der Waals surface area contributed by atoms with Crippen molar-refractivity contribution in [3.05, 3.63) is 51.8 Å². The summed E-state index contributed by atoms with van der Waals surface area (Å²) < 4.78 is 54.6. The molecule has 3 aliphatic heterocycles. The number of morpholine rings is 1. The lowest BCUT2D eigenvalue weighted by atomic mass is 10.0. The van der Waals surface area contributed by atoms with E-state index in [1.807, 2.05) is 17.0 Å². The van der Waals surface area contributed by atoms with E-state index >= 15 is 0 Å². The predicted molar refractivity (Wildman–Crippen MR) is 135 cm³/mol. The number of carbonyl (C=O) groups excluding carboxylic acids is 1. The van der Waals surface area contributed by atoms with Gasteiger partial charge in [0.15, 0.2) is 0 Å². The Balaban J connectivity index is 1.35. The third kappa shape index (κ3) is 5.67. The number of alkyl halides is 3. The molecule has 0 spiro atoms. The fraction of sp³-hybridized carbons (Fsp3) is 0.593. The van der Waals surface area contributed by atoms with Crippen LogP contribution in [0.2, 0.25) is 0 Å². The molecular weight excluding hydrogens is 501 g/mol. The number of hydrogen-bond acceptors (Lipinski definition) is 7. The molecule has 0 N–H and O–H groups in total. The molecule has 38 heavy (non-hydrogen) atoms. The van der Waals surface area contributed by atoms with Gasteiger partial charge in [-0.1, -0.05) is 24.3 Å². The molecule has 5 rings (SSSR count). The van der Waals surface area contributed by atoms with E-state index < -0.39 is 17.8 Å². The van der Waals surface area contributed by atoms with Crippen LogP contribution in [0.1, 0.15) is 44.7 Å². The summed E-state index contributed by atoms with van der Waals surface area (Å²) in [6.07, 6.45) is -3.34. The normalized spacial score (nSPS) is 23.1. The van der Waals surface area contributed by atoms with Crippen LogP contribution in [0.15, 0.2) is 35.1 Å². The van der Waals surface area contributed by atoms with Gasteiger partial charge in [0, 0.05) is 25.7 Å². The van der Waals surface area contributed by atoms with Crippen LogP contribution in [-0.4, -0.2) is 65.2 Å². The van der Waals surface area contributed by atoms with Crippen molar-refractivity contribution in [2.24, 2.45) is 0 Å². The van der Waals surface area contributed by atoms with Gasteiger partial charge in [0.05, 0.1) is 25.2 Å². The molecule has 3 aliphatic rings. The van der Waals surface area contributed by atoms with Gasteiger partial charge in [0.2, 0.25) is 5.95 Å². The number of halogens is 3. The average molecular weight is 535 g/mol. The molecule has 4 heterocycles. The summed E-state index contributed by atoms with van der Waals surface area (Å²) in [5.74, 6) is 0.135. The first kappa shape index (κ1) is 26.5. The third-order valence-electron chi connectivity index (χ3n) is 7.24. The molecular formula is C27H33F3N4O4. The Hall–Kier alpha value is -3.08. The van der Waals surface area contributed by atoms with Crippen LogP contribution in [0.25, 0.3) is 0 Å². The molecule has 11 heteroatoms. The second kappa shape index (κ2) is 9.91.